The van der Waals surface area contributed by atoms with Gasteiger partial charge in [0.15, 0.2) is 0 Å². The van der Waals surface area contributed by atoms with Crippen LogP contribution >= 0.6 is 0 Å². The van der Waals surface area contributed by atoms with Crippen LogP contribution in [0.2, 0.25) is 0 Å². The number of nitrogens with one attached hydrogen (secondary N) is 1. The van der Waals surface area contributed by atoms with E-state index in [1.54, 1.807) is 10.9 Å². The molecule has 3 rings (SSSR count). The summed E-state index contributed by atoms with van der Waals surface area (Å²) in [5.41, 5.74) is 2.17. The van der Waals surface area contributed by atoms with Crippen molar-refractivity contribution in [1.82, 2.24) is 20.0 Å². The molecule has 0 bridgehead atoms. The number of urea groups is 1. The third-order valence-corrected chi connectivity index (χ3v) is 4.26. The van der Waals surface area contributed by atoms with Crippen LogP contribution in [0.25, 0.3) is 0 Å². The largest absolute Gasteiger partial charge is 0.469 e. The van der Waals surface area contributed by atoms with E-state index in [2.05, 4.69) is 17.3 Å². The van der Waals surface area contributed by atoms with Gasteiger partial charge < -0.3 is 14.6 Å². The Morgan fingerprint density at radius 3 is 3.17 bits per heavy atom. The number of carbonyl (C=O) groups is 1. The lowest BCUT2D eigenvalue weighted by Crippen LogP contribution is -2.42. The van der Waals surface area contributed by atoms with E-state index in [9.17, 15) is 4.79 Å². The molecular weight excluding hydrogens is 292 g/mol. The van der Waals surface area contributed by atoms with Crippen molar-refractivity contribution >= 4 is 6.03 Å². The topological polar surface area (TPSA) is 63.3 Å². The van der Waals surface area contributed by atoms with Crippen molar-refractivity contribution in [2.75, 3.05) is 6.54 Å². The first-order valence-electron chi connectivity index (χ1n) is 8.26. The minimum Gasteiger partial charge on any atom is -0.469 e. The number of rotatable bonds is 5. The molecule has 0 saturated heterocycles. The molecule has 1 aliphatic rings. The van der Waals surface area contributed by atoms with Gasteiger partial charge in [-0.15, -0.1) is 0 Å². The number of nitrogens with zero attached hydrogens (tertiary/aromatic N) is 3. The first-order valence-corrected chi connectivity index (χ1v) is 8.26. The number of aryl methyl sites for hydroxylation is 2. The maximum atomic E-state index is 12.7. The third kappa shape index (κ3) is 3.57. The Bertz CT molecular complexity index is 661. The zero-order valence-electron chi connectivity index (χ0n) is 13.8. The van der Waals surface area contributed by atoms with Crippen LogP contribution in [0.15, 0.2) is 29.1 Å². The number of amides is 2. The predicted octanol–water partition coefficient (Wildman–Crippen LogP) is 3.01. The summed E-state index contributed by atoms with van der Waals surface area (Å²) in [6.07, 6.45) is 9.37. The summed E-state index contributed by atoms with van der Waals surface area (Å²) in [7, 11) is 1.89. The summed E-state index contributed by atoms with van der Waals surface area (Å²) in [5.74, 6) is 1.01. The lowest BCUT2D eigenvalue weighted by Gasteiger charge is -2.28. The van der Waals surface area contributed by atoms with Gasteiger partial charge in [0.05, 0.1) is 25.0 Å². The van der Waals surface area contributed by atoms with Gasteiger partial charge in [-0.3, -0.25) is 4.68 Å². The average Bonchev–Trinajstić information content (AvgIpc) is 3.16. The average molecular weight is 316 g/mol. The predicted molar refractivity (Wildman–Crippen MR) is 86.8 cm³/mol. The summed E-state index contributed by atoms with van der Waals surface area (Å²) in [4.78, 5) is 14.6. The van der Waals surface area contributed by atoms with Crippen molar-refractivity contribution in [1.29, 1.82) is 0 Å². The van der Waals surface area contributed by atoms with Gasteiger partial charge in [0.2, 0.25) is 0 Å². The van der Waals surface area contributed by atoms with Crippen LogP contribution in [0.3, 0.4) is 0 Å². The third-order valence-electron chi connectivity index (χ3n) is 4.26. The van der Waals surface area contributed by atoms with Gasteiger partial charge >= 0.3 is 6.03 Å². The van der Waals surface area contributed by atoms with E-state index < -0.39 is 0 Å². The molecule has 0 aliphatic heterocycles. The monoisotopic (exact) mass is 316 g/mol. The van der Waals surface area contributed by atoms with Gasteiger partial charge in [-0.1, -0.05) is 6.92 Å². The number of hydrogen-bond donors (Lipinski definition) is 1. The highest BCUT2D eigenvalue weighted by molar-refractivity contribution is 5.74. The van der Waals surface area contributed by atoms with Crippen molar-refractivity contribution in [3.05, 3.63) is 41.6 Å². The molecule has 23 heavy (non-hydrogen) atoms. The minimum atomic E-state index is -0.0187. The van der Waals surface area contributed by atoms with Crippen LogP contribution in [0.4, 0.5) is 4.79 Å². The summed E-state index contributed by atoms with van der Waals surface area (Å²) < 4.78 is 7.26. The molecule has 2 aromatic heterocycles. The maximum absolute atomic E-state index is 12.7. The molecule has 1 aliphatic carbocycles. The fourth-order valence-electron chi connectivity index (χ4n) is 3.17. The Kier molecular flexibility index (Phi) is 4.69. The van der Waals surface area contributed by atoms with Crippen LogP contribution < -0.4 is 5.32 Å². The lowest BCUT2D eigenvalue weighted by molar-refractivity contribution is 0.189. The molecule has 2 amide bonds. The highest BCUT2D eigenvalue weighted by Gasteiger charge is 2.25. The second kappa shape index (κ2) is 6.89. The second-order valence-electron chi connectivity index (χ2n) is 6.14. The standard InChI is InChI=1S/C17H24N4O2/c1-3-8-21(12-13-10-18-20(2)11-13)17(22)19-15-5-4-6-16-14(15)7-9-23-16/h7,9-11,15H,3-6,8,12H2,1-2H3,(H,19,22). The number of carbonyl (C=O) groups excluding carboxylic acids is 1. The summed E-state index contributed by atoms with van der Waals surface area (Å²) >= 11 is 0. The zero-order chi connectivity index (χ0) is 16.2. The Morgan fingerprint density at radius 1 is 1.57 bits per heavy atom. The van der Waals surface area contributed by atoms with Crippen molar-refractivity contribution in [3.8, 4) is 0 Å². The first-order chi connectivity index (χ1) is 11.2. The van der Waals surface area contributed by atoms with E-state index in [1.807, 2.05) is 30.4 Å². The number of fused-ring (bicyclic) bond motifs is 1. The highest BCUT2D eigenvalue weighted by Crippen LogP contribution is 2.30. The first kappa shape index (κ1) is 15.6. The molecule has 2 aromatic rings. The Morgan fingerprint density at radius 2 is 2.43 bits per heavy atom. The van der Waals surface area contributed by atoms with Crippen LogP contribution in [-0.2, 0) is 20.0 Å². The maximum Gasteiger partial charge on any atom is 0.318 e. The fourth-order valence-corrected chi connectivity index (χ4v) is 3.17. The zero-order valence-corrected chi connectivity index (χ0v) is 13.8. The summed E-state index contributed by atoms with van der Waals surface area (Å²) in [6.45, 7) is 3.39. The Balaban J connectivity index is 1.67. The molecule has 124 valence electrons. The van der Waals surface area contributed by atoms with E-state index in [1.165, 1.54) is 0 Å². The van der Waals surface area contributed by atoms with Crippen molar-refractivity contribution in [3.63, 3.8) is 0 Å². The Hall–Kier alpha value is -2.24. The molecular formula is C17H24N4O2. The van der Waals surface area contributed by atoms with E-state index in [4.69, 9.17) is 4.42 Å². The van der Waals surface area contributed by atoms with Gasteiger partial charge in [0.25, 0.3) is 0 Å². The lowest BCUT2D eigenvalue weighted by atomic mass is 9.93. The van der Waals surface area contributed by atoms with Crippen LogP contribution in [0.5, 0.6) is 0 Å². The molecule has 1 atom stereocenters. The highest BCUT2D eigenvalue weighted by atomic mass is 16.3. The van der Waals surface area contributed by atoms with Crippen LogP contribution in [0.1, 0.15) is 49.1 Å². The summed E-state index contributed by atoms with van der Waals surface area (Å²) in [5, 5.41) is 7.35. The van der Waals surface area contributed by atoms with E-state index >= 15 is 0 Å². The molecule has 0 aromatic carbocycles. The molecule has 0 spiro atoms. The number of aromatic nitrogens is 2. The van der Waals surface area contributed by atoms with E-state index in [-0.39, 0.29) is 12.1 Å². The van der Waals surface area contributed by atoms with E-state index in [0.717, 1.165) is 49.1 Å². The fraction of sp³-hybridized carbons (Fsp3) is 0.529. The van der Waals surface area contributed by atoms with E-state index in [0.29, 0.717) is 6.54 Å². The molecule has 6 heteroatoms. The van der Waals surface area contributed by atoms with Gasteiger partial charge in [0.1, 0.15) is 5.76 Å². The van der Waals surface area contributed by atoms with Crippen LogP contribution in [0, 0.1) is 0 Å². The quantitative estimate of drug-likeness (QED) is 0.922. The number of hydrogen-bond acceptors (Lipinski definition) is 3. The Labute approximate surface area is 136 Å². The van der Waals surface area contributed by atoms with Gasteiger partial charge in [0, 0.05) is 37.3 Å². The van der Waals surface area contributed by atoms with Crippen molar-refractivity contribution < 1.29 is 9.21 Å². The minimum absolute atomic E-state index is 0.0187. The molecule has 1 unspecified atom stereocenters. The smallest absolute Gasteiger partial charge is 0.318 e. The van der Waals surface area contributed by atoms with Gasteiger partial charge in [-0.2, -0.15) is 5.10 Å². The van der Waals surface area contributed by atoms with Gasteiger partial charge in [-0.05, 0) is 25.3 Å². The molecule has 0 radical (unpaired) electrons. The second-order valence-corrected chi connectivity index (χ2v) is 6.14. The summed E-state index contributed by atoms with van der Waals surface area (Å²) in [6, 6.07) is 2.01. The molecule has 0 fully saturated rings. The molecule has 1 N–H and O–H groups in total. The van der Waals surface area contributed by atoms with Gasteiger partial charge in [-0.25, -0.2) is 4.79 Å². The van der Waals surface area contributed by atoms with Crippen molar-refractivity contribution in [2.45, 2.75) is 45.2 Å². The molecule has 6 nitrogen and oxygen atoms in total. The molecule has 2 heterocycles. The molecule has 0 saturated carbocycles. The normalized spacial score (nSPS) is 16.9. The van der Waals surface area contributed by atoms with Crippen molar-refractivity contribution in [2.24, 2.45) is 7.05 Å². The SMILES string of the molecule is CCCN(Cc1cnn(C)c1)C(=O)NC1CCCc2occc21. The van der Waals surface area contributed by atoms with Crippen LogP contribution in [-0.4, -0.2) is 27.3 Å². The number of furan rings is 1.